The summed E-state index contributed by atoms with van der Waals surface area (Å²) in [6.45, 7) is 0.471. The smallest absolute Gasteiger partial charge is 0.220 e. The van der Waals surface area contributed by atoms with Gasteiger partial charge in [-0.25, -0.2) is 4.39 Å². The molecule has 0 saturated carbocycles. The van der Waals surface area contributed by atoms with Crippen LogP contribution in [0.4, 0.5) is 4.39 Å². The third-order valence-corrected chi connectivity index (χ3v) is 3.18. The Hall–Kier alpha value is -1.87. The maximum atomic E-state index is 13.0. The van der Waals surface area contributed by atoms with Gasteiger partial charge >= 0.3 is 0 Å². The first-order valence-corrected chi connectivity index (χ1v) is 6.77. The highest BCUT2D eigenvalue weighted by atomic mass is 35.5. The Morgan fingerprint density at radius 2 is 1.85 bits per heavy atom. The van der Waals surface area contributed by atoms with Crippen LogP contribution in [0.2, 0.25) is 5.02 Å². The normalized spacial score (nSPS) is 10.3. The molecule has 0 unspecified atom stereocenters. The lowest BCUT2D eigenvalue weighted by molar-refractivity contribution is -0.121. The van der Waals surface area contributed by atoms with Crippen molar-refractivity contribution in [2.75, 3.05) is 0 Å². The van der Waals surface area contributed by atoms with Gasteiger partial charge in [0, 0.05) is 18.0 Å². The van der Waals surface area contributed by atoms with E-state index in [1.807, 2.05) is 18.2 Å². The predicted molar refractivity (Wildman–Crippen MR) is 78.0 cm³/mol. The molecule has 0 bridgehead atoms. The summed E-state index contributed by atoms with van der Waals surface area (Å²) in [6, 6.07) is 13.6. The standard InChI is InChI=1S/C16H15ClFNO/c17-14-7-4-13(5-8-14)11-19-16(20)9-6-12-2-1-3-15(18)10-12/h1-5,7-8,10H,6,9,11H2,(H,19,20). The Balaban J connectivity index is 1.77. The van der Waals surface area contributed by atoms with Crippen LogP contribution in [0.3, 0.4) is 0 Å². The van der Waals surface area contributed by atoms with E-state index in [4.69, 9.17) is 11.6 Å². The minimum atomic E-state index is -0.274. The van der Waals surface area contributed by atoms with Crippen LogP contribution in [0.15, 0.2) is 48.5 Å². The fourth-order valence-corrected chi connectivity index (χ4v) is 1.97. The second-order valence-corrected chi connectivity index (χ2v) is 4.97. The number of hydrogen-bond donors (Lipinski definition) is 1. The largest absolute Gasteiger partial charge is 0.352 e. The van der Waals surface area contributed by atoms with Gasteiger partial charge in [0.15, 0.2) is 0 Å². The van der Waals surface area contributed by atoms with E-state index in [2.05, 4.69) is 5.32 Å². The topological polar surface area (TPSA) is 29.1 Å². The van der Waals surface area contributed by atoms with Gasteiger partial charge in [-0.2, -0.15) is 0 Å². The zero-order valence-electron chi connectivity index (χ0n) is 10.9. The van der Waals surface area contributed by atoms with Crippen molar-refractivity contribution in [3.8, 4) is 0 Å². The number of hydrogen-bond acceptors (Lipinski definition) is 1. The number of amides is 1. The average Bonchev–Trinajstić information content (AvgIpc) is 2.45. The summed E-state index contributed by atoms with van der Waals surface area (Å²) in [6.07, 6.45) is 0.876. The number of halogens is 2. The quantitative estimate of drug-likeness (QED) is 0.893. The number of benzene rings is 2. The van der Waals surface area contributed by atoms with Gasteiger partial charge in [-0.3, -0.25) is 4.79 Å². The third kappa shape index (κ3) is 4.67. The second-order valence-electron chi connectivity index (χ2n) is 4.53. The van der Waals surface area contributed by atoms with Crippen LogP contribution in [0.25, 0.3) is 0 Å². The van der Waals surface area contributed by atoms with Crippen molar-refractivity contribution < 1.29 is 9.18 Å². The summed E-state index contributed by atoms with van der Waals surface area (Å²) in [7, 11) is 0. The zero-order chi connectivity index (χ0) is 14.4. The Bertz CT molecular complexity index is 583. The van der Waals surface area contributed by atoms with Crippen LogP contribution in [0.5, 0.6) is 0 Å². The van der Waals surface area contributed by atoms with Crippen LogP contribution < -0.4 is 5.32 Å². The fraction of sp³-hybridized carbons (Fsp3) is 0.188. The lowest BCUT2D eigenvalue weighted by atomic mass is 10.1. The minimum Gasteiger partial charge on any atom is -0.352 e. The Morgan fingerprint density at radius 3 is 2.55 bits per heavy atom. The summed E-state index contributed by atoms with van der Waals surface area (Å²) < 4.78 is 13.0. The van der Waals surface area contributed by atoms with Gasteiger partial charge in [0.1, 0.15) is 5.82 Å². The highest BCUT2D eigenvalue weighted by Gasteiger charge is 2.03. The maximum absolute atomic E-state index is 13.0. The van der Waals surface area contributed by atoms with Gasteiger partial charge in [-0.15, -0.1) is 0 Å². The first-order chi connectivity index (χ1) is 9.63. The summed E-state index contributed by atoms with van der Waals surface area (Å²) in [5.41, 5.74) is 1.82. The van der Waals surface area contributed by atoms with Crippen molar-refractivity contribution >= 4 is 17.5 Å². The van der Waals surface area contributed by atoms with Crippen molar-refractivity contribution in [1.82, 2.24) is 5.32 Å². The van der Waals surface area contributed by atoms with E-state index in [0.717, 1.165) is 11.1 Å². The Kier molecular flexibility index (Phi) is 5.13. The predicted octanol–water partition coefficient (Wildman–Crippen LogP) is 3.73. The Morgan fingerprint density at radius 1 is 1.10 bits per heavy atom. The lowest BCUT2D eigenvalue weighted by Gasteiger charge is -2.06. The number of carbonyl (C=O) groups is 1. The molecule has 2 rings (SSSR count). The van der Waals surface area contributed by atoms with Gasteiger partial charge in [0.25, 0.3) is 0 Å². The van der Waals surface area contributed by atoms with Gasteiger partial charge in [-0.1, -0.05) is 35.9 Å². The molecule has 0 heterocycles. The number of aryl methyl sites for hydroxylation is 1. The van der Waals surface area contributed by atoms with E-state index in [0.29, 0.717) is 24.4 Å². The van der Waals surface area contributed by atoms with Crippen molar-refractivity contribution in [3.05, 3.63) is 70.5 Å². The lowest BCUT2D eigenvalue weighted by Crippen LogP contribution is -2.22. The highest BCUT2D eigenvalue weighted by molar-refractivity contribution is 6.30. The maximum Gasteiger partial charge on any atom is 0.220 e. The SMILES string of the molecule is O=C(CCc1cccc(F)c1)NCc1ccc(Cl)cc1. The number of nitrogens with one attached hydrogen (secondary N) is 1. The molecular formula is C16H15ClFNO. The van der Waals surface area contributed by atoms with E-state index >= 15 is 0 Å². The summed E-state index contributed by atoms with van der Waals surface area (Å²) in [4.78, 5) is 11.7. The summed E-state index contributed by atoms with van der Waals surface area (Å²) >= 11 is 5.79. The molecule has 0 atom stereocenters. The fourth-order valence-electron chi connectivity index (χ4n) is 1.84. The van der Waals surface area contributed by atoms with E-state index < -0.39 is 0 Å². The molecule has 0 aliphatic rings. The first kappa shape index (κ1) is 14.5. The third-order valence-electron chi connectivity index (χ3n) is 2.93. The number of carbonyl (C=O) groups excluding carboxylic acids is 1. The van der Waals surface area contributed by atoms with Crippen molar-refractivity contribution in [2.45, 2.75) is 19.4 Å². The van der Waals surface area contributed by atoms with Crippen molar-refractivity contribution in [2.24, 2.45) is 0 Å². The molecule has 0 radical (unpaired) electrons. The van der Waals surface area contributed by atoms with Gasteiger partial charge < -0.3 is 5.32 Å². The molecule has 1 N–H and O–H groups in total. The Labute approximate surface area is 122 Å². The van der Waals surface area contributed by atoms with Crippen LogP contribution in [-0.2, 0) is 17.8 Å². The van der Waals surface area contributed by atoms with E-state index in [-0.39, 0.29) is 11.7 Å². The van der Waals surface area contributed by atoms with Crippen LogP contribution in [0.1, 0.15) is 17.5 Å². The molecule has 0 aliphatic heterocycles. The molecule has 0 aromatic heterocycles. The molecular weight excluding hydrogens is 277 g/mol. The van der Waals surface area contributed by atoms with Crippen LogP contribution in [-0.4, -0.2) is 5.91 Å². The van der Waals surface area contributed by atoms with Crippen molar-refractivity contribution in [1.29, 1.82) is 0 Å². The van der Waals surface area contributed by atoms with Gasteiger partial charge in [0.05, 0.1) is 0 Å². The van der Waals surface area contributed by atoms with E-state index in [1.54, 1.807) is 18.2 Å². The summed E-state index contributed by atoms with van der Waals surface area (Å²) in [5, 5.41) is 3.50. The minimum absolute atomic E-state index is 0.0517. The van der Waals surface area contributed by atoms with Crippen LogP contribution in [0, 0.1) is 5.82 Å². The molecule has 1 amide bonds. The molecule has 2 aromatic carbocycles. The highest BCUT2D eigenvalue weighted by Crippen LogP contribution is 2.09. The van der Waals surface area contributed by atoms with E-state index in [9.17, 15) is 9.18 Å². The molecule has 2 aromatic rings. The first-order valence-electron chi connectivity index (χ1n) is 6.39. The van der Waals surface area contributed by atoms with Crippen molar-refractivity contribution in [3.63, 3.8) is 0 Å². The van der Waals surface area contributed by atoms with Gasteiger partial charge in [0.2, 0.25) is 5.91 Å². The molecule has 0 spiro atoms. The van der Waals surface area contributed by atoms with Gasteiger partial charge in [-0.05, 0) is 41.8 Å². The molecule has 2 nitrogen and oxygen atoms in total. The molecule has 4 heteroatoms. The van der Waals surface area contributed by atoms with E-state index in [1.165, 1.54) is 12.1 Å². The average molecular weight is 292 g/mol. The number of rotatable bonds is 5. The summed E-state index contributed by atoms with van der Waals surface area (Å²) in [5.74, 6) is -0.326. The monoisotopic (exact) mass is 291 g/mol. The molecule has 0 saturated heterocycles. The van der Waals surface area contributed by atoms with Crippen LogP contribution >= 0.6 is 11.6 Å². The molecule has 0 aliphatic carbocycles. The molecule has 0 fully saturated rings. The molecule has 20 heavy (non-hydrogen) atoms. The molecule has 104 valence electrons. The second kappa shape index (κ2) is 7.06. The zero-order valence-corrected chi connectivity index (χ0v) is 11.7.